The molecule has 4 heterocycles. The number of rotatable bonds is 9. The number of para-hydroxylation sites is 1. The molecule has 0 aliphatic carbocycles. The molecule has 2 aliphatic heterocycles. The van der Waals surface area contributed by atoms with Gasteiger partial charge in [0.25, 0.3) is 0 Å². The van der Waals surface area contributed by atoms with Crippen LogP contribution in [0.5, 0.6) is 5.75 Å². The normalized spacial score (nSPS) is 16.1. The smallest absolute Gasteiger partial charge is 0.127 e. The van der Waals surface area contributed by atoms with Crippen molar-refractivity contribution in [1.29, 1.82) is 0 Å². The van der Waals surface area contributed by atoms with E-state index in [1.807, 2.05) is 0 Å². The van der Waals surface area contributed by atoms with Gasteiger partial charge in [-0.05, 0) is 56.0 Å². The van der Waals surface area contributed by atoms with E-state index in [0.29, 0.717) is 13.2 Å². The molecule has 1 fully saturated rings. The molecule has 0 unspecified atom stereocenters. The molecule has 45 heavy (non-hydrogen) atoms. The van der Waals surface area contributed by atoms with Crippen molar-refractivity contribution in [2.75, 3.05) is 46.1 Å². The van der Waals surface area contributed by atoms with Gasteiger partial charge in [0.15, 0.2) is 0 Å². The summed E-state index contributed by atoms with van der Waals surface area (Å²) in [6.45, 7) is 13.1. The Morgan fingerprint density at radius 2 is 1.67 bits per heavy atom. The first kappa shape index (κ1) is 30.0. The Morgan fingerprint density at radius 1 is 0.844 bits per heavy atom. The number of ether oxygens (including phenoxy) is 3. The molecule has 0 spiro atoms. The van der Waals surface area contributed by atoms with Gasteiger partial charge in [0.05, 0.1) is 44.2 Å². The van der Waals surface area contributed by atoms with E-state index in [-0.39, 0.29) is 0 Å². The molecule has 236 valence electrons. The summed E-state index contributed by atoms with van der Waals surface area (Å²) < 4.78 is 23.0. The van der Waals surface area contributed by atoms with E-state index in [0.717, 1.165) is 96.1 Å². The Morgan fingerprint density at radius 3 is 2.56 bits per heavy atom. The highest BCUT2D eigenvalue weighted by Crippen LogP contribution is 2.39. The van der Waals surface area contributed by atoms with Crippen LogP contribution in [-0.2, 0) is 42.0 Å². The monoisotopic (exact) mass is 606 g/mol. The maximum absolute atomic E-state index is 6.35. The van der Waals surface area contributed by atoms with Crippen molar-refractivity contribution < 1.29 is 14.2 Å². The van der Waals surface area contributed by atoms with Crippen LogP contribution in [0, 0.1) is 6.92 Å². The van der Waals surface area contributed by atoms with Gasteiger partial charge in [-0.25, -0.2) is 0 Å². The SMILES string of the molecule is CCc1c2c(nn1CCN1CCOCC1)COCCCCn1c(C)c(CCCOc3cccc4ccccc34)c3cccc-2c31. The quantitative estimate of drug-likeness (QED) is 0.166. The minimum Gasteiger partial charge on any atom is -0.493 e. The van der Waals surface area contributed by atoms with Crippen LogP contribution in [0.1, 0.15) is 48.8 Å². The highest BCUT2D eigenvalue weighted by Gasteiger charge is 2.25. The van der Waals surface area contributed by atoms with Gasteiger partial charge in [-0.3, -0.25) is 9.58 Å². The van der Waals surface area contributed by atoms with Crippen molar-refractivity contribution in [3.63, 3.8) is 0 Å². The Labute approximate surface area is 266 Å². The summed E-state index contributed by atoms with van der Waals surface area (Å²) in [4.78, 5) is 2.49. The lowest BCUT2D eigenvalue weighted by molar-refractivity contribution is 0.0358. The highest BCUT2D eigenvalue weighted by molar-refractivity contribution is 5.98. The minimum atomic E-state index is 0.557. The minimum absolute atomic E-state index is 0.557. The number of benzene rings is 3. The standard InChI is InChI=1S/C38H46N4O3/c1-3-35-37-33-15-9-14-32-30(16-10-24-45-36-17-8-12-29-11-4-5-13-31(29)36)28(2)41(38(32)33)18-6-7-23-44-27-34(37)39-42(35)20-19-40-21-25-43-26-22-40/h4-5,8-9,11-15,17H,3,6-7,10,16,18-27H2,1-2H3. The van der Waals surface area contributed by atoms with E-state index >= 15 is 0 Å². The van der Waals surface area contributed by atoms with Crippen LogP contribution in [0.3, 0.4) is 0 Å². The van der Waals surface area contributed by atoms with Crippen molar-refractivity contribution in [2.24, 2.45) is 0 Å². The molecule has 0 radical (unpaired) electrons. The molecule has 0 atom stereocenters. The number of aromatic nitrogens is 3. The fourth-order valence-corrected chi connectivity index (χ4v) is 7.36. The third kappa shape index (κ3) is 6.14. The van der Waals surface area contributed by atoms with Crippen molar-refractivity contribution in [3.8, 4) is 16.9 Å². The zero-order valence-corrected chi connectivity index (χ0v) is 26.9. The van der Waals surface area contributed by atoms with E-state index < -0.39 is 0 Å². The average Bonchev–Trinajstić information content (AvgIpc) is 3.56. The van der Waals surface area contributed by atoms with Gasteiger partial charge in [-0.15, -0.1) is 0 Å². The van der Waals surface area contributed by atoms with Gasteiger partial charge in [-0.1, -0.05) is 61.5 Å². The molecule has 0 saturated carbocycles. The number of aryl methyl sites for hydroxylation is 2. The van der Waals surface area contributed by atoms with E-state index in [4.69, 9.17) is 19.3 Å². The first-order chi connectivity index (χ1) is 22.2. The summed E-state index contributed by atoms with van der Waals surface area (Å²) >= 11 is 0. The maximum atomic E-state index is 6.35. The molecule has 2 aromatic heterocycles. The molecular formula is C38H46N4O3. The number of hydrogen-bond acceptors (Lipinski definition) is 5. The number of nitrogens with zero attached hydrogens (tertiary/aromatic N) is 4. The summed E-state index contributed by atoms with van der Waals surface area (Å²) in [6, 6.07) is 21.7. The zero-order valence-electron chi connectivity index (χ0n) is 26.9. The summed E-state index contributed by atoms with van der Waals surface area (Å²) in [6.07, 6.45) is 5.02. The van der Waals surface area contributed by atoms with E-state index in [9.17, 15) is 0 Å². The summed E-state index contributed by atoms with van der Waals surface area (Å²) in [5.41, 5.74) is 9.12. The Kier molecular flexibility index (Phi) is 9.19. The van der Waals surface area contributed by atoms with Gasteiger partial charge in [0, 0.05) is 66.1 Å². The molecule has 7 rings (SSSR count). The maximum Gasteiger partial charge on any atom is 0.127 e. The van der Waals surface area contributed by atoms with Crippen LogP contribution in [0.4, 0.5) is 0 Å². The van der Waals surface area contributed by atoms with E-state index in [2.05, 4.69) is 88.7 Å². The number of morpholine rings is 1. The second-order valence-corrected chi connectivity index (χ2v) is 12.4. The molecule has 7 nitrogen and oxygen atoms in total. The lowest BCUT2D eigenvalue weighted by Crippen LogP contribution is -2.38. The summed E-state index contributed by atoms with van der Waals surface area (Å²) in [5.74, 6) is 0.969. The summed E-state index contributed by atoms with van der Waals surface area (Å²) in [5, 5.41) is 8.98. The van der Waals surface area contributed by atoms with Crippen LogP contribution >= 0.6 is 0 Å². The van der Waals surface area contributed by atoms with E-state index in [1.165, 1.54) is 49.8 Å². The molecule has 7 heteroatoms. The fourth-order valence-electron chi connectivity index (χ4n) is 7.36. The van der Waals surface area contributed by atoms with Crippen LogP contribution < -0.4 is 4.74 Å². The number of hydrogen-bond donors (Lipinski definition) is 0. The van der Waals surface area contributed by atoms with Crippen LogP contribution in [0.15, 0.2) is 60.7 Å². The van der Waals surface area contributed by atoms with Crippen LogP contribution in [0.25, 0.3) is 32.8 Å². The molecule has 0 N–H and O–H groups in total. The first-order valence-electron chi connectivity index (χ1n) is 16.9. The molecule has 5 aromatic rings. The zero-order chi connectivity index (χ0) is 30.6. The van der Waals surface area contributed by atoms with Gasteiger partial charge in [0.2, 0.25) is 0 Å². The lowest BCUT2D eigenvalue weighted by atomic mass is 9.97. The molecule has 0 amide bonds. The van der Waals surface area contributed by atoms with Crippen LogP contribution in [0.2, 0.25) is 0 Å². The third-order valence-corrected chi connectivity index (χ3v) is 9.68. The predicted octanol–water partition coefficient (Wildman–Crippen LogP) is 7.18. The third-order valence-electron chi connectivity index (χ3n) is 9.68. The Hall–Kier alpha value is -3.65. The van der Waals surface area contributed by atoms with Gasteiger partial charge < -0.3 is 18.8 Å². The highest BCUT2D eigenvalue weighted by atomic mass is 16.5. The topological polar surface area (TPSA) is 53.7 Å². The lowest BCUT2D eigenvalue weighted by Gasteiger charge is -2.26. The molecular weight excluding hydrogens is 560 g/mol. The van der Waals surface area contributed by atoms with Crippen molar-refractivity contribution in [3.05, 3.63) is 83.3 Å². The molecule has 2 aliphatic rings. The fraction of sp³-hybridized carbons (Fsp3) is 0.447. The molecule has 1 saturated heterocycles. The molecule has 0 bridgehead atoms. The summed E-state index contributed by atoms with van der Waals surface area (Å²) in [7, 11) is 0. The van der Waals surface area contributed by atoms with Crippen LogP contribution in [-0.4, -0.2) is 65.3 Å². The van der Waals surface area contributed by atoms with Gasteiger partial charge in [-0.2, -0.15) is 5.10 Å². The van der Waals surface area contributed by atoms with Crippen molar-refractivity contribution in [2.45, 2.75) is 65.6 Å². The molecule has 3 aromatic carbocycles. The van der Waals surface area contributed by atoms with Crippen molar-refractivity contribution in [1.82, 2.24) is 19.2 Å². The van der Waals surface area contributed by atoms with Crippen molar-refractivity contribution >= 4 is 21.7 Å². The Balaban J connectivity index is 1.20. The predicted molar refractivity (Wildman–Crippen MR) is 181 cm³/mol. The largest absolute Gasteiger partial charge is 0.493 e. The van der Waals surface area contributed by atoms with Gasteiger partial charge >= 0.3 is 0 Å². The average molecular weight is 607 g/mol. The van der Waals surface area contributed by atoms with E-state index in [1.54, 1.807) is 0 Å². The van der Waals surface area contributed by atoms with Gasteiger partial charge in [0.1, 0.15) is 5.75 Å². The number of fused-ring (bicyclic) bond motifs is 3. The second-order valence-electron chi connectivity index (χ2n) is 12.4. The Bertz CT molecular complexity index is 1760. The first-order valence-corrected chi connectivity index (χ1v) is 16.9. The second kappa shape index (κ2) is 13.8.